The second-order valence-electron chi connectivity index (χ2n) is 3.11. The molecular formula is C11H11BrNO4S+. The normalized spacial score (nSPS) is 11.6. The van der Waals surface area contributed by atoms with Gasteiger partial charge in [-0.3, -0.25) is 0 Å². The van der Waals surface area contributed by atoms with Crippen LogP contribution in [-0.4, -0.2) is 26.2 Å². The summed E-state index contributed by atoms with van der Waals surface area (Å²) in [7, 11) is 2.43. The zero-order valence-corrected chi connectivity index (χ0v) is 12.2. The maximum absolute atomic E-state index is 11.7. The highest BCUT2D eigenvalue weighted by atomic mass is 79.9. The number of pyridine rings is 1. The lowest BCUT2D eigenvalue weighted by atomic mass is 10.3. The summed E-state index contributed by atoms with van der Waals surface area (Å²) in [5, 5.41) is 0. The van der Waals surface area contributed by atoms with E-state index in [4.69, 9.17) is 0 Å². The number of carbonyl (C=O) groups excluding carboxylic acids is 2. The highest BCUT2D eigenvalue weighted by Crippen LogP contribution is 2.14. The molecule has 18 heavy (non-hydrogen) atoms. The summed E-state index contributed by atoms with van der Waals surface area (Å²) in [5.41, 5.74) is -0.0195. The molecule has 1 aromatic heterocycles. The molecule has 0 spiro atoms. The van der Waals surface area contributed by atoms with Gasteiger partial charge in [-0.2, -0.15) is 4.57 Å². The van der Waals surface area contributed by atoms with Crippen molar-refractivity contribution in [3.8, 4) is 0 Å². The first-order chi connectivity index (χ1) is 8.51. The van der Waals surface area contributed by atoms with Crippen molar-refractivity contribution in [1.29, 1.82) is 0 Å². The average molecular weight is 333 g/mol. The summed E-state index contributed by atoms with van der Waals surface area (Å²) in [6.45, 7) is 0. The van der Waals surface area contributed by atoms with Gasteiger partial charge >= 0.3 is 17.6 Å². The molecule has 0 saturated heterocycles. The molecule has 0 fully saturated rings. The van der Waals surface area contributed by atoms with Gasteiger partial charge in [0.15, 0.2) is 17.3 Å². The van der Waals surface area contributed by atoms with E-state index in [1.807, 2.05) is 0 Å². The number of halogens is 1. The van der Waals surface area contributed by atoms with Crippen LogP contribution in [-0.2, 0) is 19.1 Å². The van der Waals surface area contributed by atoms with Gasteiger partial charge in [-0.1, -0.05) is 0 Å². The lowest BCUT2D eigenvalue weighted by molar-refractivity contribution is -0.579. The molecule has 7 heteroatoms. The van der Waals surface area contributed by atoms with Crippen LogP contribution < -0.4 is 4.57 Å². The second-order valence-corrected chi connectivity index (χ2v) is 4.47. The van der Waals surface area contributed by atoms with Crippen LogP contribution >= 0.6 is 28.6 Å². The molecule has 0 radical (unpaired) electrons. The fourth-order valence-electron chi connectivity index (χ4n) is 1.20. The molecule has 1 heterocycles. The van der Waals surface area contributed by atoms with E-state index in [1.165, 1.54) is 18.8 Å². The topological polar surface area (TPSA) is 56.5 Å². The molecule has 96 valence electrons. The van der Waals surface area contributed by atoms with Gasteiger partial charge < -0.3 is 9.47 Å². The molecule has 0 aliphatic carbocycles. The number of esters is 2. The SMILES string of the molecule is COC(=O)/C(S)=C(\C(=O)OC)[n+]1cccc(Br)c1. The van der Waals surface area contributed by atoms with Crippen molar-refractivity contribution < 1.29 is 23.6 Å². The molecule has 0 atom stereocenters. The molecule has 0 N–H and O–H groups in total. The number of thiol groups is 1. The van der Waals surface area contributed by atoms with Gasteiger partial charge in [-0.15, -0.1) is 12.6 Å². The van der Waals surface area contributed by atoms with Crippen LogP contribution in [0.1, 0.15) is 0 Å². The minimum atomic E-state index is -0.716. The average Bonchev–Trinajstić information content (AvgIpc) is 2.37. The molecule has 0 amide bonds. The van der Waals surface area contributed by atoms with Crippen molar-refractivity contribution in [2.45, 2.75) is 0 Å². The molecular weight excluding hydrogens is 322 g/mol. The van der Waals surface area contributed by atoms with Gasteiger partial charge in [0.2, 0.25) is 0 Å². The van der Waals surface area contributed by atoms with Crippen molar-refractivity contribution in [3.63, 3.8) is 0 Å². The molecule has 0 aliphatic rings. The highest BCUT2D eigenvalue weighted by molar-refractivity contribution is 9.10. The van der Waals surface area contributed by atoms with Crippen LogP contribution in [0.25, 0.3) is 5.70 Å². The largest absolute Gasteiger partial charge is 0.465 e. The summed E-state index contributed by atoms with van der Waals surface area (Å²) in [6.07, 6.45) is 3.20. The Labute approximate surface area is 118 Å². The third-order valence-corrected chi connectivity index (χ3v) is 2.87. The van der Waals surface area contributed by atoms with E-state index in [-0.39, 0.29) is 10.6 Å². The third-order valence-electron chi connectivity index (χ3n) is 2.00. The van der Waals surface area contributed by atoms with Crippen molar-refractivity contribution >= 4 is 46.2 Å². The molecule has 0 aromatic carbocycles. The standard InChI is InChI=1S/C11H10BrNO4S/c1-16-10(14)8(9(18)11(15)17-2)13-5-3-4-7(12)6-13/h3-6H,1-2H3/p+1. The molecule has 1 aromatic rings. The molecule has 0 aliphatic heterocycles. The zero-order valence-electron chi connectivity index (χ0n) is 9.71. The fraction of sp³-hybridized carbons (Fsp3) is 0.182. The van der Waals surface area contributed by atoms with Crippen LogP contribution in [0.3, 0.4) is 0 Å². The van der Waals surface area contributed by atoms with E-state index >= 15 is 0 Å². The van der Waals surface area contributed by atoms with E-state index in [0.29, 0.717) is 0 Å². The maximum atomic E-state index is 11.7. The second kappa shape index (κ2) is 6.55. The minimum Gasteiger partial charge on any atom is -0.465 e. The Hall–Kier alpha value is -1.34. The van der Waals surface area contributed by atoms with Crippen molar-refractivity contribution in [3.05, 3.63) is 33.9 Å². The Morgan fingerprint density at radius 3 is 2.39 bits per heavy atom. The number of carbonyl (C=O) groups is 2. The number of methoxy groups -OCH3 is 2. The molecule has 0 unspecified atom stereocenters. The summed E-state index contributed by atoms with van der Waals surface area (Å²) in [4.78, 5) is 23.0. The first kappa shape index (κ1) is 14.7. The first-order valence-electron chi connectivity index (χ1n) is 4.78. The van der Waals surface area contributed by atoms with Gasteiger partial charge in [0.05, 0.1) is 18.7 Å². The van der Waals surface area contributed by atoms with Crippen LogP contribution in [0.15, 0.2) is 33.9 Å². The minimum absolute atomic E-state index is 0.0195. The lowest BCUT2D eigenvalue weighted by Gasteiger charge is -2.03. The molecule has 0 bridgehead atoms. The van der Waals surface area contributed by atoms with Crippen LogP contribution in [0.5, 0.6) is 0 Å². The van der Waals surface area contributed by atoms with Gasteiger partial charge in [0.25, 0.3) is 0 Å². The highest BCUT2D eigenvalue weighted by Gasteiger charge is 2.29. The van der Waals surface area contributed by atoms with Crippen molar-refractivity contribution in [2.24, 2.45) is 0 Å². The number of hydrogen-bond acceptors (Lipinski definition) is 5. The summed E-state index contributed by atoms with van der Waals surface area (Å²) >= 11 is 7.28. The van der Waals surface area contributed by atoms with Gasteiger partial charge in [0, 0.05) is 6.07 Å². The number of ether oxygens (including phenoxy) is 2. The Kier molecular flexibility index (Phi) is 5.36. The predicted molar refractivity (Wildman–Crippen MR) is 70.6 cm³/mol. The quantitative estimate of drug-likeness (QED) is 0.391. The Bertz CT molecular complexity index is 516. The number of rotatable bonds is 3. The van der Waals surface area contributed by atoms with Crippen molar-refractivity contribution in [1.82, 2.24) is 0 Å². The van der Waals surface area contributed by atoms with Crippen molar-refractivity contribution in [2.75, 3.05) is 14.2 Å². The molecule has 5 nitrogen and oxygen atoms in total. The summed E-state index contributed by atoms with van der Waals surface area (Å²) in [6, 6.07) is 3.48. The van der Waals surface area contributed by atoms with E-state index in [0.717, 1.165) is 4.47 Å². The lowest BCUT2D eigenvalue weighted by Crippen LogP contribution is -2.38. The van der Waals surface area contributed by atoms with E-state index < -0.39 is 11.9 Å². The van der Waals surface area contributed by atoms with E-state index in [9.17, 15) is 9.59 Å². The number of nitrogens with zero attached hydrogens (tertiary/aromatic N) is 1. The van der Waals surface area contributed by atoms with Gasteiger partial charge in [0.1, 0.15) is 0 Å². The van der Waals surface area contributed by atoms with E-state index in [2.05, 4.69) is 38.0 Å². The number of hydrogen-bond donors (Lipinski definition) is 1. The predicted octanol–water partition coefficient (Wildman–Crippen LogP) is 1.18. The zero-order chi connectivity index (χ0) is 13.7. The summed E-state index contributed by atoms with van der Waals surface area (Å²) in [5.74, 6) is -1.40. The van der Waals surface area contributed by atoms with Crippen LogP contribution in [0.4, 0.5) is 0 Å². The fourth-order valence-corrected chi connectivity index (χ4v) is 1.87. The smallest absolute Gasteiger partial charge is 0.405 e. The van der Waals surface area contributed by atoms with Gasteiger partial charge in [-0.25, -0.2) is 9.59 Å². The Morgan fingerprint density at radius 1 is 1.28 bits per heavy atom. The Morgan fingerprint density at radius 2 is 1.89 bits per heavy atom. The third kappa shape index (κ3) is 3.33. The van der Waals surface area contributed by atoms with Crippen LogP contribution in [0.2, 0.25) is 0 Å². The molecule has 1 rings (SSSR count). The van der Waals surface area contributed by atoms with Gasteiger partial charge in [-0.05, 0) is 22.0 Å². The van der Waals surface area contributed by atoms with E-state index in [1.54, 1.807) is 24.5 Å². The monoisotopic (exact) mass is 332 g/mol. The molecule has 0 saturated carbocycles. The first-order valence-corrected chi connectivity index (χ1v) is 6.02. The van der Waals surface area contributed by atoms with Crippen LogP contribution in [0, 0.1) is 0 Å². The Balaban J connectivity index is 3.39. The number of aromatic nitrogens is 1. The summed E-state index contributed by atoms with van der Waals surface area (Å²) < 4.78 is 11.3. The maximum Gasteiger partial charge on any atom is 0.405 e.